The van der Waals surface area contributed by atoms with Crippen LogP contribution in [0.15, 0.2) is 0 Å². The van der Waals surface area contributed by atoms with Crippen molar-refractivity contribution >= 4 is 78.5 Å². The molecule has 0 spiro atoms. The molecule has 3 saturated heterocycles. The van der Waals surface area contributed by atoms with Gasteiger partial charge in [0.15, 0.2) is 0 Å². The Labute approximate surface area is 334 Å². The van der Waals surface area contributed by atoms with Crippen molar-refractivity contribution in [1.29, 1.82) is 0 Å². The summed E-state index contributed by atoms with van der Waals surface area (Å²) in [6.45, 7) is 1.86. The van der Waals surface area contributed by atoms with Crippen LogP contribution in [-0.2, 0) is 43.2 Å². The molecule has 0 unspecified atom stereocenters. The SMILES string of the molecule is C[C@H](NC(=O)[C@@H](NC(=O)[C@@H]1CCCN1C(=O)CNC(=O)[C@@H]1CCCN1C(=O)[C@@H]1CCCN1C(=O)[C@@H](N)CS)[C@@H](C)O)C(=O)N[C@@H](CO)C(=O)N[C@@H](CS)C(=O)O. The quantitative estimate of drug-likeness (QED) is 0.0576. The van der Waals surface area contributed by atoms with Crippen molar-refractivity contribution in [1.82, 2.24) is 41.3 Å². The lowest BCUT2D eigenvalue weighted by Gasteiger charge is -2.32. The van der Waals surface area contributed by atoms with E-state index in [0.717, 1.165) is 0 Å². The first-order valence-electron chi connectivity index (χ1n) is 18.4. The number of carbonyl (C=O) groups excluding carboxylic acids is 8. The van der Waals surface area contributed by atoms with Crippen LogP contribution >= 0.6 is 25.3 Å². The van der Waals surface area contributed by atoms with Gasteiger partial charge in [0.2, 0.25) is 47.3 Å². The van der Waals surface area contributed by atoms with Gasteiger partial charge in [-0.05, 0) is 52.4 Å². The molecule has 0 radical (unpaired) electrons. The molecule has 0 aliphatic carbocycles. The van der Waals surface area contributed by atoms with E-state index < -0.39 is 109 Å². The fourth-order valence-electron chi connectivity index (χ4n) is 6.76. The second kappa shape index (κ2) is 21.4. The molecule has 3 fully saturated rings. The van der Waals surface area contributed by atoms with Gasteiger partial charge in [0.1, 0.15) is 42.3 Å². The maximum Gasteiger partial charge on any atom is 0.327 e. The highest BCUT2D eigenvalue weighted by molar-refractivity contribution is 7.80. The second-order valence-electron chi connectivity index (χ2n) is 13.9. The summed E-state index contributed by atoms with van der Waals surface area (Å²) in [6, 6.07) is -9.48. The Morgan fingerprint density at radius 3 is 1.82 bits per heavy atom. The molecule has 0 aromatic heterocycles. The molecule has 23 heteroatoms. The van der Waals surface area contributed by atoms with Crippen LogP contribution in [0.4, 0.5) is 0 Å². The van der Waals surface area contributed by atoms with E-state index in [0.29, 0.717) is 45.2 Å². The van der Waals surface area contributed by atoms with Gasteiger partial charge in [0, 0.05) is 31.1 Å². The molecule has 3 rings (SSSR count). The lowest BCUT2D eigenvalue weighted by molar-refractivity contribution is -0.147. The first-order chi connectivity index (χ1) is 26.5. The summed E-state index contributed by atoms with van der Waals surface area (Å²) in [7, 11) is 0. The zero-order valence-corrected chi connectivity index (χ0v) is 33.0. The monoisotopic (exact) mass is 831 g/mol. The molecule has 3 heterocycles. The lowest BCUT2D eigenvalue weighted by Crippen LogP contribution is -2.60. The molecule has 8 amide bonds. The molecule has 10 N–H and O–H groups in total. The second-order valence-corrected chi connectivity index (χ2v) is 14.6. The first-order valence-corrected chi connectivity index (χ1v) is 19.6. The number of nitrogens with two attached hydrogens (primary N) is 1. The number of carbonyl (C=O) groups is 9. The average molecular weight is 832 g/mol. The Bertz CT molecular complexity index is 1510. The summed E-state index contributed by atoms with van der Waals surface area (Å²) in [6.07, 6.45) is 1.07. The van der Waals surface area contributed by atoms with E-state index in [9.17, 15) is 53.4 Å². The highest BCUT2D eigenvalue weighted by atomic mass is 32.1. The summed E-state index contributed by atoms with van der Waals surface area (Å²) >= 11 is 7.91. The Hall–Kier alpha value is -4.19. The Balaban J connectivity index is 1.56. The number of likely N-dealkylation sites (tertiary alicyclic amines) is 3. The molecule has 0 aromatic carbocycles. The van der Waals surface area contributed by atoms with Crippen molar-refractivity contribution in [3.8, 4) is 0 Å². The van der Waals surface area contributed by atoms with E-state index in [1.165, 1.54) is 28.5 Å². The predicted octanol–water partition coefficient (Wildman–Crippen LogP) is -5.32. The number of nitrogens with zero attached hydrogens (tertiary/aromatic N) is 3. The molecule has 0 bridgehead atoms. The Kier molecular flexibility index (Phi) is 17.6. The fourth-order valence-corrected chi connectivity index (χ4v) is 7.17. The third-order valence-electron chi connectivity index (χ3n) is 9.89. The summed E-state index contributed by atoms with van der Waals surface area (Å²) in [5.74, 6) is -7.21. The number of aliphatic hydroxyl groups excluding tert-OH is 2. The van der Waals surface area contributed by atoms with Gasteiger partial charge in [-0.1, -0.05) is 0 Å². The van der Waals surface area contributed by atoms with E-state index in [2.05, 4.69) is 51.8 Å². The molecule has 314 valence electrons. The number of carboxylic acid groups (broad SMARTS) is 1. The average Bonchev–Trinajstić information content (AvgIpc) is 3.97. The van der Waals surface area contributed by atoms with Gasteiger partial charge in [0.05, 0.1) is 25.3 Å². The molecular weight excluding hydrogens is 779 g/mol. The van der Waals surface area contributed by atoms with Gasteiger partial charge in [0.25, 0.3) is 0 Å². The largest absolute Gasteiger partial charge is 0.480 e. The molecule has 0 saturated carbocycles. The van der Waals surface area contributed by atoms with Crippen molar-refractivity contribution in [2.24, 2.45) is 5.73 Å². The zero-order chi connectivity index (χ0) is 41.9. The molecule has 56 heavy (non-hydrogen) atoms. The molecule has 0 aromatic rings. The number of thiol groups is 2. The van der Waals surface area contributed by atoms with Crippen molar-refractivity contribution in [2.45, 2.75) is 107 Å². The van der Waals surface area contributed by atoms with Crippen LogP contribution < -0.4 is 32.3 Å². The highest BCUT2D eigenvalue weighted by Gasteiger charge is 2.43. The molecular formula is C33H53N9O12S2. The number of rotatable bonds is 18. The zero-order valence-electron chi connectivity index (χ0n) is 31.2. The Morgan fingerprint density at radius 1 is 0.714 bits per heavy atom. The van der Waals surface area contributed by atoms with E-state index >= 15 is 0 Å². The number of carboxylic acids is 1. The van der Waals surface area contributed by atoms with Crippen molar-refractivity contribution in [2.75, 3.05) is 44.3 Å². The summed E-state index contributed by atoms with van der Waals surface area (Å²) < 4.78 is 0. The smallest absolute Gasteiger partial charge is 0.327 e. The van der Waals surface area contributed by atoms with Crippen molar-refractivity contribution < 1.29 is 58.5 Å². The van der Waals surface area contributed by atoms with E-state index in [1.54, 1.807) is 0 Å². The fraction of sp³-hybridized carbons (Fsp3) is 0.727. The van der Waals surface area contributed by atoms with Crippen LogP contribution in [0.3, 0.4) is 0 Å². The van der Waals surface area contributed by atoms with Crippen molar-refractivity contribution in [3.05, 3.63) is 0 Å². The van der Waals surface area contributed by atoms with Crippen LogP contribution in [0, 0.1) is 0 Å². The maximum absolute atomic E-state index is 13.5. The normalized spacial score (nSPS) is 22.6. The maximum atomic E-state index is 13.5. The number of hydrogen-bond acceptors (Lipinski definition) is 14. The minimum absolute atomic E-state index is 0.115. The van der Waals surface area contributed by atoms with Crippen LogP contribution in [0.1, 0.15) is 52.4 Å². The number of nitrogens with one attached hydrogen (secondary N) is 5. The number of aliphatic carboxylic acids is 1. The number of hydrogen-bond donors (Lipinski definition) is 11. The summed E-state index contributed by atoms with van der Waals surface area (Å²) in [5.41, 5.74) is 5.87. The van der Waals surface area contributed by atoms with Gasteiger partial charge in [-0.3, -0.25) is 38.4 Å². The topological polar surface area (TPSA) is 310 Å². The van der Waals surface area contributed by atoms with Crippen LogP contribution in [0.25, 0.3) is 0 Å². The number of aliphatic hydroxyl groups is 2. The third-order valence-corrected chi connectivity index (χ3v) is 10.6. The van der Waals surface area contributed by atoms with Gasteiger partial charge in [-0.15, -0.1) is 0 Å². The van der Waals surface area contributed by atoms with Crippen molar-refractivity contribution in [3.63, 3.8) is 0 Å². The molecule has 3 aliphatic rings. The van der Waals surface area contributed by atoms with Crippen LogP contribution in [0.5, 0.6) is 0 Å². The van der Waals surface area contributed by atoms with Gasteiger partial charge in [-0.25, -0.2) is 4.79 Å². The van der Waals surface area contributed by atoms with Gasteiger partial charge >= 0.3 is 5.97 Å². The van der Waals surface area contributed by atoms with Crippen LogP contribution in [0.2, 0.25) is 0 Å². The van der Waals surface area contributed by atoms with Crippen LogP contribution in [-0.4, -0.2) is 182 Å². The summed E-state index contributed by atoms with van der Waals surface area (Å²) in [4.78, 5) is 120. The van der Waals surface area contributed by atoms with Gasteiger partial charge < -0.3 is 62.3 Å². The predicted molar refractivity (Wildman–Crippen MR) is 203 cm³/mol. The third kappa shape index (κ3) is 11.7. The van der Waals surface area contributed by atoms with E-state index in [4.69, 9.17) is 10.8 Å². The minimum Gasteiger partial charge on any atom is -0.480 e. The molecule has 3 aliphatic heterocycles. The first kappa shape index (κ1) is 46.2. The molecule has 21 nitrogen and oxygen atoms in total. The highest BCUT2D eigenvalue weighted by Crippen LogP contribution is 2.26. The van der Waals surface area contributed by atoms with E-state index in [1.807, 2.05) is 0 Å². The standard InChI is InChI=1S/C33H53N9O12S2/c1-16(26(46)37-19(13-43)27(47)38-20(15-56)33(53)54)36-30(50)25(17(2)44)39-29(49)22-7-3-9-40(22)24(45)12-35-28(48)21-6-4-10-41(21)32(52)23-8-5-11-42(23)31(51)18(34)14-55/h16-23,25,43-44,55-56H,3-15,34H2,1-2H3,(H,35,48)(H,36,50)(H,37,46)(H,38,47)(H,39,49)(H,53,54)/t16-,17+,18-,19-,20-,21-,22-,23-,25-/m0/s1. The number of amides is 8. The minimum atomic E-state index is -1.59. The molecule has 9 atom stereocenters. The van der Waals surface area contributed by atoms with E-state index in [-0.39, 0.29) is 36.3 Å². The lowest BCUT2D eigenvalue weighted by atomic mass is 10.1. The summed E-state index contributed by atoms with van der Waals surface area (Å²) in [5, 5.41) is 40.6. The van der Waals surface area contributed by atoms with Gasteiger partial charge in [-0.2, -0.15) is 25.3 Å². The Morgan fingerprint density at radius 2 is 1.27 bits per heavy atom.